The Hall–Kier alpha value is -0.870. The minimum Gasteiger partial charge on any atom is -0.328 e. The molecule has 1 unspecified atom stereocenters. The number of rotatable bonds is 4. The van der Waals surface area contributed by atoms with Crippen molar-refractivity contribution in [2.45, 2.75) is 32.7 Å². The zero-order valence-electron chi connectivity index (χ0n) is 9.49. The van der Waals surface area contributed by atoms with Crippen molar-refractivity contribution in [2.24, 2.45) is 5.73 Å². The molecule has 0 saturated heterocycles. The van der Waals surface area contributed by atoms with Crippen LogP contribution < -0.4 is 10.6 Å². The lowest BCUT2D eigenvalue weighted by Gasteiger charge is -2.16. The van der Waals surface area contributed by atoms with Gasteiger partial charge in [-0.25, -0.2) is 0 Å². The second-order valence-corrected chi connectivity index (χ2v) is 4.77. The fourth-order valence-corrected chi connectivity index (χ4v) is 2.26. The molecule has 3 nitrogen and oxygen atoms in total. The van der Waals surface area contributed by atoms with Crippen molar-refractivity contribution in [1.29, 1.82) is 0 Å². The summed E-state index contributed by atoms with van der Waals surface area (Å²) >= 11 is 1.59. The maximum atomic E-state index is 11.8. The Morgan fingerprint density at radius 1 is 1.67 bits per heavy atom. The fourth-order valence-electron chi connectivity index (χ4n) is 1.34. The van der Waals surface area contributed by atoms with E-state index in [4.69, 9.17) is 5.73 Å². The van der Waals surface area contributed by atoms with Crippen molar-refractivity contribution in [3.63, 3.8) is 0 Å². The maximum absolute atomic E-state index is 11.8. The van der Waals surface area contributed by atoms with E-state index in [1.807, 2.05) is 32.3 Å². The van der Waals surface area contributed by atoms with Crippen molar-refractivity contribution in [2.75, 3.05) is 11.9 Å². The van der Waals surface area contributed by atoms with Gasteiger partial charge in [0.15, 0.2) is 0 Å². The van der Waals surface area contributed by atoms with Crippen molar-refractivity contribution < 1.29 is 4.79 Å². The highest BCUT2D eigenvalue weighted by Gasteiger charge is 2.14. The number of carbonyl (C=O) groups excluding carboxylic acids is 1. The van der Waals surface area contributed by atoms with Gasteiger partial charge in [0, 0.05) is 19.5 Å². The van der Waals surface area contributed by atoms with Crippen LogP contribution in [0, 0.1) is 6.92 Å². The van der Waals surface area contributed by atoms with Crippen molar-refractivity contribution in [3.8, 4) is 0 Å². The number of amides is 1. The van der Waals surface area contributed by atoms with Crippen LogP contribution >= 0.6 is 11.3 Å². The zero-order valence-corrected chi connectivity index (χ0v) is 10.3. The summed E-state index contributed by atoms with van der Waals surface area (Å²) in [6.45, 7) is 3.94. The summed E-state index contributed by atoms with van der Waals surface area (Å²) in [7, 11) is 1.82. The average Bonchev–Trinajstić information content (AvgIpc) is 2.59. The van der Waals surface area contributed by atoms with Crippen LogP contribution in [0.5, 0.6) is 0 Å². The molecule has 0 saturated carbocycles. The van der Waals surface area contributed by atoms with Gasteiger partial charge in [0.2, 0.25) is 5.91 Å². The number of nitrogens with zero attached hydrogens (tertiary/aromatic N) is 1. The molecular formula is C11H18N2OS. The van der Waals surface area contributed by atoms with E-state index in [1.54, 1.807) is 16.2 Å². The molecule has 0 spiro atoms. The molecule has 0 aromatic carbocycles. The van der Waals surface area contributed by atoms with Gasteiger partial charge in [-0.1, -0.05) is 0 Å². The Morgan fingerprint density at radius 2 is 2.33 bits per heavy atom. The maximum Gasteiger partial charge on any atom is 0.227 e. The first-order valence-corrected chi connectivity index (χ1v) is 5.96. The number of nitrogens with two attached hydrogens (primary N) is 1. The monoisotopic (exact) mass is 226 g/mol. The van der Waals surface area contributed by atoms with E-state index in [-0.39, 0.29) is 11.9 Å². The van der Waals surface area contributed by atoms with E-state index in [2.05, 4.69) is 0 Å². The Kier molecular flexibility index (Phi) is 4.29. The minimum absolute atomic E-state index is 0.0896. The zero-order chi connectivity index (χ0) is 11.4. The molecular weight excluding hydrogens is 208 g/mol. The first-order chi connectivity index (χ1) is 7.02. The van der Waals surface area contributed by atoms with Gasteiger partial charge >= 0.3 is 0 Å². The first kappa shape index (κ1) is 12.2. The number of hydrogen-bond acceptors (Lipinski definition) is 3. The summed E-state index contributed by atoms with van der Waals surface area (Å²) in [4.78, 5) is 13.5. The molecule has 4 heteroatoms. The van der Waals surface area contributed by atoms with Crippen molar-refractivity contribution in [1.82, 2.24) is 0 Å². The van der Waals surface area contributed by atoms with Gasteiger partial charge in [-0.2, -0.15) is 0 Å². The molecule has 15 heavy (non-hydrogen) atoms. The highest BCUT2D eigenvalue weighted by molar-refractivity contribution is 7.14. The normalized spacial score (nSPS) is 12.5. The van der Waals surface area contributed by atoms with Crippen LogP contribution in [0.15, 0.2) is 11.4 Å². The van der Waals surface area contributed by atoms with Crippen LogP contribution in [0.3, 0.4) is 0 Å². The molecule has 0 bridgehead atoms. The molecule has 1 amide bonds. The number of hydrogen-bond donors (Lipinski definition) is 1. The molecule has 0 fully saturated rings. The highest BCUT2D eigenvalue weighted by atomic mass is 32.1. The van der Waals surface area contributed by atoms with Gasteiger partial charge in [-0.15, -0.1) is 11.3 Å². The third-order valence-corrected chi connectivity index (χ3v) is 3.42. The van der Waals surface area contributed by atoms with E-state index in [0.717, 1.165) is 17.0 Å². The van der Waals surface area contributed by atoms with Crippen LogP contribution in [-0.4, -0.2) is 19.0 Å². The van der Waals surface area contributed by atoms with Crippen LogP contribution in [-0.2, 0) is 4.79 Å². The number of aryl methyl sites for hydroxylation is 1. The standard InChI is InChI=1S/C11H18N2OS/c1-8-6-7-15-11(8)13(3)10(14)5-4-9(2)12/h6-7,9H,4-5,12H2,1-3H3. The average molecular weight is 226 g/mol. The SMILES string of the molecule is Cc1ccsc1N(C)C(=O)CCC(C)N. The fraction of sp³-hybridized carbons (Fsp3) is 0.545. The number of thiophene rings is 1. The van der Waals surface area contributed by atoms with Crippen LogP contribution in [0.4, 0.5) is 5.00 Å². The van der Waals surface area contributed by atoms with E-state index >= 15 is 0 Å². The summed E-state index contributed by atoms with van der Waals surface area (Å²) in [6.07, 6.45) is 1.26. The van der Waals surface area contributed by atoms with Gasteiger partial charge in [-0.05, 0) is 37.3 Å². The summed E-state index contributed by atoms with van der Waals surface area (Å²) in [6, 6.07) is 2.11. The van der Waals surface area contributed by atoms with Crippen LogP contribution in [0.25, 0.3) is 0 Å². The lowest BCUT2D eigenvalue weighted by molar-refractivity contribution is -0.118. The number of carbonyl (C=O) groups is 1. The molecule has 0 aliphatic heterocycles. The quantitative estimate of drug-likeness (QED) is 0.855. The largest absolute Gasteiger partial charge is 0.328 e. The second-order valence-electron chi connectivity index (χ2n) is 3.88. The summed E-state index contributed by atoms with van der Waals surface area (Å²) < 4.78 is 0. The molecule has 1 heterocycles. The van der Waals surface area contributed by atoms with E-state index in [1.165, 1.54) is 0 Å². The second kappa shape index (κ2) is 5.28. The third-order valence-electron chi connectivity index (χ3n) is 2.33. The predicted octanol–water partition coefficient (Wildman–Crippen LogP) is 2.15. The van der Waals surface area contributed by atoms with Gasteiger partial charge in [-0.3, -0.25) is 4.79 Å². The van der Waals surface area contributed by atoms with E-state index < -0.39 is 0 Å². The van der Waals surface area contributed by atoms with E-state index in [9.17, 15) is 4.79 Å². The van der Waals surface area contributed by atoms with E-state index in [0.29, 0.717) is 6.42 Å². The summed E-state index contributed by atoms with van der Waals surface area (Å²) in [5.74, 6) is 0.137. The van der Waals surface area contributed by atoms with Crippen molar-refractivity contribution >= 4 is 22.2 Å². The Morgan fingerprint density at radius 3 is 2.80 bits per heavy atom. The Balaban J connectivity index is 2.57. The van der Waals surface area contributed by atoms with Gasteiger partial charge < -0.3 is 10.6 Å². The Bertz CT molecular complexity index is 333. The molecule has 1 rings (SSSR count). The molecule has 84 valence electrons. The van der Waals surface area contributed by atoms with Gasteiger partial charge in [0.25, 0.3) is 0 Å². The topological polar surface area (TPSA) is 46.3 Å². The minimum atomic E-state index is 0.0896. The van der Waals surface area contributed by atoms with Crippen molar-refractivity contribution in [3.05, 3.63) is 17.0 Å². The molecule has 1 aromatic heterocycles. The van der Waals surface area contributed by atoms with Crippen LogP contribution in [0.2, 0.25) is 0 Å². The molecule has 0 radical (unpaired) electrons. The third kappa shape index (κ3) is 3.32. The molecule has 0 aliphatic carbocycles. The number of anilines is 1. The predicted molar refractivity (Wildman–Crippen MR) is 65.3 cm³/mol. The van der Waals surface area contributed by atoms with Crippen LogP contribution in [0.1, 0.15) is 25.3 Å². The molecule has 1 aromatic rings. The Labute approximate surface area is 94.9 Å². The molecule has 0 aliphatic rings. The summed E-state index contributed by atoms with van der Waals surface area (Å²) in [5.41, 5.74) is 6.77. The van der Waals surface area contributed by atoms with Gasteiger partial charge in [0.1, 0.15) is 5.00 Å². The van der Waals surface area contributed by atoms with Gasteiger partial charge in [0.05, 0.1) is 0 Å². The lowest BCUT2D eigenvalue weighted by Crippen LogP contribution is -2.27. The molecule has 2 N–H and O–H groups in total. The lowest BCUT2D eigenvalue weighted by atomic mass is 10.2. The smallest absolute Gasteiger partial charge is 0.227 e. The first-order valence-electron chi connectivity index (χ1n) is 5.08. The highest BCUT2D eigenvalue weighted by Crippen LogP contribution is 2.26. The molecule has 1 atom stereocenters. The summed E-state index contributed by atoms with van der Waals surface area (Å²) in [5, 5.41) is 3.03.